The first-order valence-corrected chi connectivity index (χ1v) is 8.99. The van der Waals surface area contributed by atoms with E-state index in [1.165, 1.54) is 46.3 Å². The molecule has 0 aromatic rings. The number of rotatable bonds is 14. The zero-order valence-electron chi connectivity index (χ0n) is 15.4. The summed E-state index contributed by atoms with van der Waals surface area (Å²) in [7, 11) is 2.55. The largest absolute Gasteiger partial charge is 0.469 e. The van der Waals surface area contributed by atoms with Gasteiger partial charge >= 0.3 is 11.9 Å². The van der Waals surface area contributed by atoms with Gasteiger partial charge in [-0.1, -0.05) is 51.9 Å². The third-order valence-corrected chi connectivity index (χ3v) is 3.94. The molecule has 6 heteroatoms. The second-order valence-corrected chi connectivity index (χ2v) is 5.98. The van der Waals surface area contributed by atoms with Crippen molar-refractivity contribution < 1.29 is 23.9 Å². The summed E-state index contributed by atoms with van der Waals surface area (Å²) in [4.78, 5) is 34.8. The van der Waals surface area contributed by atoms with Crippen LogP contribution < -0.4 is 5.32 Å². The Morgan fingerprint density at radius 3 is 1.96 bits per heavy atom. The Balaban J connectivity index is 3.92. The van der Waals surface area contributed by atoms with Gasteiger partial charge in [-0.05, 0) is 12.8 Å². The third kappa shape index (κ3) is 11.9. The molecule has 0 bridgehead atoms. The molecule has 0 aliphatic heterocycles. The minimum atomic E-state index is -0.796. The van der Waals surface area contributed by atoms with E-state index in [4.69, 9.17) is 0 Å². The van der Waals surface area contributed by atoms with E-state index in [9.17, 15) is 14.4 Å². The zero-order valence-corrected chi connectivity index (χ0v) is 15.4. The number of amides is 1. The number of hydrogen-bond donors (Lipinski definition) is 1. The van der Waals surface area contributed by atoms with Crippen molar-refractivity contribution in [2.75, 3.05) is 14.2 Å². The van der Waals surface area contributed by atoms with Crippen LogP contribution in [0.25, 0.3) is 0 Å². The van der Waals surface area contributed by atoms with E-state index < -0.39 is 18.0 Å². The molecular weight excluding hydrogens is 310 g/mol. The maximum atomic E-state index is 11.9. The van der Waals surface area contributed by atoms with E-state index in [0.717, 1.165) is 19.3 Å². The van der Waals surface area contributed by atoms with Crippen molar-refractivity contribution in [3.05, 3.63) is 0 Å². The second kappa shape index (κ2) is 15.0. The molecule has 6 nitrogen and oxygen atoms in total. The fourth-order valence-electron chi connectivity index (χ4n) is 2.44. The zero-order chi connectivity index (χ0) is 18.2. The summed E-state index contributed by atoms with van der Waals surface area (Å²) < 4.78 is 9.21. The van der Waals surface area contributed by atoms with Crippen LogP contribution in [0.15, 0.2) is 0 Å². The normalized spacial score (nSPS) is 11.6. The molecule has 0 saturated carbocycles. The standard InChI is InChI=1S/C18H33NO5/c1-4-5-6-7-8-9-10-11-12-16(20)19-15(18(22)24-3)13-14-17(21)23-2/h15H,4-14H2,1-3H3,(H,19,20)/t15-/m0/s1. The minimum Gasteiger partial charge on any atom is -0.469 e. The Labute approximate surface area is 145 Å². The molecule has 0 heterocycles. The number of esters is 2. The highest BCUT2D eigenvalue weighted by molar-refractivity contribution is 5.84. The number of unbranched alkanes of at least 4 members (excludes halogenated alkanes) is 7. The van der Waals surface area contributed by atoms with Gasteiger partial charge in [0.25, 0.3) is 0 Å². The molecule has 24 heavy (non-hydrogen) atoms. The van der Waals surface area contributed by atoms with Gasteiger partial charge in [0.05, 0.1) is 14.2 Å². The maximum absolute atomic E-state index is 11.9. The van der Waals surface area contributed by atoms with Crippen molar-refractivity contribution in [3.8, 4) is 0 Å². The van der Waals surface area contributed by atoms with E-state index in [0.29, 0.717) is 6.42 Å². The van der Waals surface area contributed by atoms with Gasteiger partial charge in [-0.25, -0.2) is 4.79 Å². The van der Waals surface area contributed by atoms with Crippen LogP contribution in [0, 0.1) is 0 Å². The molecule has 0 radical (unpaired) electrons. The molecule has 0 aliphatic carbocycles. The van der Waals surface area contributed by atoms with Gasteiger partial charge in [-0.3, -0.25) is 9.59 Å². The van der Waals surface area contributed by atoms with Crippen LogP contribution in [0.3, 0.4) is 0 Å². The Kier molecular flexibility index (Phi) is 14.0. The lowest BCUT2D eigenvalue weighted by molar-refractivity contribution is -0.146. The summed E-state index contributed by atoms with van der Waals surface area (Å²) in [5, 5.41) is 2.64. The average Bonchev–Trinajstić information content (AvgIpc) is 2.59. The van der Waals surface area contributed by atoms with Gasteiger partial charge in [0.1, 0.15) is 6.04 Å². The van der Waals surface area contributed by atoms with Crippen LogP contribution in [-0.4, -0.2) is 38.1 Å². The highest BCUT2D eigenvalue weighted by Crippen LogP contribution is 2.10. The maximum Gasteiger partial charge on any atom is 0.328 e. The van der Waals surface area contributed by atoms with Crippen molar-refractivity contribution in [2.24, 2.45) is 0 Å². The summed E-state index contributed by atoms with van der Waals surface area (Å²) in [6.45, 7) is 2.20. The Morgan fingerprint density at radius 2 is 1.42 bits per heavy atom. The number of methoxy groups -OCH3 is 2. The highest BCUT2D eigenvalue weighted by atomic mass is 16.5. The molecule has 0 saturated heterocycles. The van der Waals surface area contributed by atoms with Crippen LogP contribution >= 0.6 is 0 Å². The molecule has 1 amide bonds. The first kappa shape index (κ1) is 22.4. The van der Waals surface area contributed by atoms with Gasteiger partial charge in [-0.15, -0.1) is 0 Å². The second-order valence-electron chi connectivity index (χ2n) is 5.98. The number of carbonyl (C=O) groups excluding carboxylic acids is 3. The summed E-state index contributed by atoms with van der Waals surface area (Å²) in [6.07, 6.45) is 9.91. The lowest BCUT2D eigenvalue weighted by Gasteiger charge is -2.16. The lowest BCUT2D eigenvalue weighted by Crippen LogP contribution is -2.41. The molecule has 0 aliphatic rings. The van der Waals surface area contributed by atoms with Gasteiger partial charge in [0.15, 0.2) is 0 Å². The molecule has 0 rings (SSSR count). The van der Waals surface area contributed by atoms with Crippen molar-refractivity contribution in [2.45, 2.75) is 83.6 Å². The van der Waals surface area contributed by atoms with Crippen LogP contribution in [0.1, 0.15) is 77.6 Å². The van der Waals surface area contributed by atoms with Crippen molar-refractivity contribution >= 4 is 17.8 Å². The number of carbonyl (C=O) groups is 3. The summed E-state index contributed by atoms with van der Waals surface area (Å²) >= 11 is 0. The Morgan fingerprint density at radius 1 is 0.833 bits per heavy atom. The number of nitrogens with one attached hydrogen (secondary N) is 1. The van der Waals surface area contributed by atoms with Crippen molar-refractivity contribution in [3.63, 3.8) is 0 Å². The SMILES string of the molecule is CCCCCCCCCCC(=O)N[C@@H](CCC(=O)OC)C(=O)OC. The smallest absolute Gasteiger partial charge is 0.328 e. The van der Waals surface area contributed by atoms with E-state index >= 15 is 0 Å². The van der Waals surface area contributed by atoms with Crippen LogP contribution in [-0.2, 0) is 23.9 Å². The summed E-state index contributed by atoms with van der Waals surface area (Å²) in [5.74, 6) is -1.13. The van der Waals surface area contributed by atoms with Crippen molar-refractivity contribution in [1.29, 1.82) is 0 Å². The fourth-order valence-corrected chi connectivity index (χ4v) is 2.44. The van der Waals surface area contributed by atoms with E-state index in [2.05, 4.69) is 21.7 Å². The Bertz CT molecular complexity index is 370. The van der Waals surface area contributed by atoms with E-state index in [-0.39, 0.29) is 18.7 Å². The molecule has 0 spiro atoms. The first-order chi connectivity index (χ1) is 11.5. The monoisotopic (exact) mass is 343 g/mol. The molecular formula is C18H33NO5. The summed E-state index contributed by atoms with van der Waals surface area (Å²) in [6, 6.07) is -0.796. The first-order valence-electron chi connectivity index (χ1n) is 8.99. The molecule has 0 aromatic heterocycles. The molecule has 0 fully saturated rings. The predicted molar refractivity (Wildman–Crippen MR) is 92.4 cm³/mol. The van der Waals surface area contributed by atoms with Gasteiger partial charge < -0.3 is 14.8 Å². The van der Waals surface area contributed by atoms with Crippen molar-refractivity contribution in [1.82, 2.24) is 5.32 Å². The average molecular weight is 343 g/mol. The molecule has 0 aromatic carbocycles. The van der Waals surface area contributed by atoms with Crippen LogP contribution in [0.5, 0.6) is 0 Å². The van der Waals surface area contributed by atoms with Gasteiger partial charge in [0.2, 0.25) is 5.91 Å². The van der Waals surface area contributed by atoms with Gasteiger partial charge in [0, 0.05) is 12.8 Å². The van der Waals surface area contributed by atoms with E-state index in [1.54, 1.807) is 0 Å². The van der Waals surface area contributed by atoms with E-state index in [1.807, 2.05) is 0 Å². The quantitative estimate of drug-likeness (QED) is 0.387. The predicted octanol–water partition coefficient (Wildman–Crippen LogP) is 3.13. The lowest BCUT2D eigenvalue weighted by atomic mass is 10.1. The molecule has 1 atom stereocenters. The topological polar surface area (TPSA) is 81.7 Å². The number of hydrogen-bond acceptors (Lipinski definition) is 5. The molecule has 0 unspecified atom stereocenters. The number of ether oxygens (including phenoxy) is 2. The molecule has 1 N–H and O–H groups in total. The third-order valence-electron chi connectivity index (χ3n) is 3.94. The van der Waals surface area contributed by atoms with Crippen LogP contribution in [0.4, 0.5) is 0 Å². The summed E-state index contributed by atoms with van der Waals surface area (Å²) in [5.41, 5.74) is 0. The molecule has 140 valence electrons. The van der Waals surface area contributed by atoms with Crippen LogP contribution in [0.2, 0.25) is 0 Å². The fraction of sp³-hybridized carbons (Fsp3) is 0.833. The minimum absolute atomic E-state index is 0.0638. The highest BCUT2D eigenvalue weighted by Gasteiger charge is 2.22. The Hall–Kier alpha value is -1.59. The van der Waals surface area contributed by atoms with Gasteiger partial charge in [-0.2, -0.15) is 0 Å².